The molecule has 30 heavy (non-hydrogen) atoms. The molecule has 1 fully saturated rings. The highest BCUT2D eigenvalue weighted by Gasteiger charge is 2.31. The normalized spacial score (nSPS) is 14.9. The van der Waals surface area contributed by atoms with E-state index in [1.54, 1.807) is 11.5 Å². The number of rotatable bonds is 3. The van der Waals surface area contributed by atoms with Crippen LogP contribution in [0, 0.1) is 11.7 Å². The van der Waals surface area contributed by atoms with Gasteiger partial charge in [0.15, 0.2) is 4.77 Å². The Morgan fingerprint density at radius 2 is 1.57 bits per heavy atom. The van der Waals surface area contributed by atoms with Gasteiger partial charge in [-0.25, -0.2) is 0 Å². The van der Waals surface area contributed by atoms with E-state index in [0.717, 1.165) is 36.6 Å². The van der Waals surface area contributed by atoms with Crippen LogP contribution in [-0.4, -0.2) is 40.5 Å². The Kier molecular flexibility index (Phi) is 5.33. The van der Waals surface area contributed by atoms with E-state index in [9.17, 15) is 18.3 Å². The lowest BCUT2D eigenvalue weighted by atomic mass is 10.2. The molecule has 1 aromatic heterocycles. The second kappa shape index (κ2) is 7.81. The minimum atomic E-state index is -4.49. The number of hydrogen-bond acceptors (Lipinski definition) is 4. The van der Waals surface area contributed by atoms with E-state index in [-0.39, 0.29) is 16.3 Å². The minimum absolute atomic E-state index is 0.152. The van der Waals surface area contributed by atoms with Gasteiger partial charge in [0.2, 0.25) is 5.88 Å². The highest BCUT2D eigenvalue weighted by atomic mass is 32.1. The predicted octanol–water partition coefficient (Wildman–Crippen LogP) is 4.87. The maximum atomic E-state index is 13.1. The molecule has 0 saturated carbocycles. The second-order valence-corrected chi connectivity index (χ2v) is 7.39. The molecule has 0 bridgehead atoms. The van der Waals surface area contributed by atoms with Crippen LogP contribution in [0.4, 0.5) is 18.9 Å². The number of aromatic nitrogens is 2. The van der Waals surface area contributed by atoms with Crippen LogP contribution in [-0.2, 0) is 10.9 Å². The van der Waals surface area contributed by atoms with E-state index in [1.165, 1.54) is 16.7 Å². The molecule has 5 nitrogen and oxygen atoms in total. The summed E-state index contributed by atoms with van der Waals surface area (Å²) in [6.45, 7) is 4.65. The SMILES string of the molecule is Cc1c(O)n(-c2cccc(C(F)(F)F)c2)c(=S)n1-c1ccc(N2CCOCC2)cc1. The van der Waals surface area contributed by atoms with Crippen molar-refractivity contribution in [1.82, 2.24) is 9.13 Å². The molecule has 1 aliphatic heterocycles. The molecule has 0 spiro atoms. The van der Waals surface area contributed by atoms with Crippen LogP contribution in [0.25, 0.3) is 11.4 Å². The van der Waals surface area contributed by atoms with E-state index < -0.39 is 11.7 Å². The molecule has 1 aliphatic rings. The van der Waals surface area contributed by atoms with Crippen molar-refractivity contribution in [2.24, 2.45) is 0 Å². The van der Waals surface area contributed by atoms with Crippen molar-refractivity contribution in [2.45, 2.75) is 13.1 Å². The third-order valence-corrected chi connectivity index (χ3v) is 5.53. The number of anilines is 1. The molecule has 158 valence electrons. The molecule has 0 radical (unpaired) electrons. The molecule has 1 saturated heterocycles. The number of hydrogen-bond donors (Lipinski definition) is 1. The summed E-state index contributed by atoms with van der Waals surface area (Å²) in [4.78, 5) is 2.21. The smallest absolute Gasteiger partial charge is 0.416 e. The van der Waals surface area contributed by atoms with Crippen LogP contribution in [0.3, 0.4) is 0 Å². The zero-order chi connectivity index (χ0) is 21.5. The van der Waals surface area contributed by atoms with Crippen molar-refractivity contribution >= 4 is 17.9 Å². The molecule has 0 unspecified atom stereocenters. The van der Waals surface area contributed by atoms with Gasteiger partial charge in [-0.05, 0) is 61.6 Å². The maximum absolute atomic E-state index is 13.1. The van der Waals surface area contributed by atoms with E-state index in [1.807, 2.05) is 24.3 Å². The van der Waals surface area contributed by atoms with Crippen molar-refractivity contribution in [2.75, 3.05) is 31.2 Å². The summed E-state index contributed by atoms with van der Waals surface area (Å²) in [5, 5.41) is 10.6. The molecular weight excluding hydrogens is 415 g/mol. The summed E-state index contributed by atoms with van der Waals surface area (Å²) < 4.78 is 47.8. The number of imidazole rings is 1. The minimum Gasteiger partial charge on any atom is -0.493 e. The largest absolute Gasteiger partial charge is 0.493 e. The first-order chi connectivity index (χ1) is 14.3. The van der Waals surface area contributed by atoms with Gasteiger partial charge in [0.25, 0.3) is 0 Å². The van der Waals surface area contributed by atoms with Crippen LogP contribution >= 0.6 is 12.2 Å². The Balaban J connectivity index is 1.74. The van der Waals surface area contributed by atoms with Gasteiger partial charge >= 0.3 is 6.18 Å². The lowest BCUT2D eigenvalue weighted by molar-refractivity contribution is -0.137. The van der Waals surface area contributed by atoms with Crippen molar-refractivity contribution in [3.05, 3.63) is 64.6 Å². The van der Waals surface area contributed by atoms with Crippen LogP contribution in [0.1, 0.15) is 11.3 Å². The average Bonchev–Trinajstić information content (AvgIpc) is 2.96. The van der Waals surface area contributed by atoms with Crippen molar-refractivity contribution in [1.29, 1.82) is 0 Å². The van der Waals surface area contributed by atoms with Gasteiger partial charge in [-0.1, -0.05) is 6.07 Å². The van der Waals surface area contributed by atoms with Gasteiger partial charge in [0.05, 0.1) is 30.2 Å². The van der Waals surface area contributed by atoms with Gasteiger partial charge in [-0.2, -0.15) is 13.2 Å². The predicted molar refractivity (Wildman–Crippen MR) is 110 cm³/mol. The molecule has 2 aromatic carbocycles. The summed E-state index contributed by atoms with van der Waals surface area (Å²) in [5.41, 5.74) is 1.56. The Morgan fingerprint density at radius 3 is 2.20 bits per heavy atom. The quantitative estimate of drug-likeness (QED) is 0.597. The summed E-state index contributed by atoms with van der Waals surface area (Å²) in [5.74, 6) is -0.198. The van der Waals surface area contributed by atoms with Crippen LogP contribution < -0.4 is 4.90 Å². The van der Waals surface area contributed by atoms with Gasteiger partial charge in [0.1, 0.15) is 0 Å². The van der Waals surface area contributed by atoms with Crippen LogP contribution in [0.5, 0.6) is 5.88 Å². The zero-order valence-electron chi connectivity index (χ0n) is 16.2. The number of nitrogens with zero attached hydrogens (tertiary/aromatic N) is 3. The summed E-state index contributed by atoms with van der Waals surface area (Å²) in [6.07, 6.45) is -4.49. The van der Waals surface area contributed by atoms with Crippen molar-refractivity contribution in [3.8, 4) is 17.3 Å². The van der Waals surface area contributed by atoms with E-state index in [2.05, 4.69) is 4.90 Å². The van der Waals surface area contributed by atoms with E-state index in [0.29, 0.717) is 18.9 Å². The first kappa shape index (κ1) is 20.5. The average molecular weight is 435 g/mol. The first-order valence-corrected chi connectivity index (χ1v) is 9.82. The van der Waals surface area contributed by atoms with Crippen molar-refractivity contribution in [3.63, 3.8) is 0 Å². The van der Waals surface area contributed by atoms with Gasteiger partial charge < -0.3 is 14.7 Å². The Labute approximate surface area is 176 Å². The standard InChI is InChI=1S/C21H20F3N3O2S/c1-14-19(28)27(18-4-2-3-15(13-18)21(22,23)24)20(30)26(14)17-7-5-16(6-8-17)25-9-11-29-12-10-25/h2-8,13,28H,9-12H2,1H3. The summed E-state index contributed by atoms with van der Waals surface area (Å²) in [6, 6.07) is 12.4. The summed E-state index contributed by atoms with van der Waals surface area (Å²) >= 11 is 5.52. The molecular formula is C21H20F3N3O2S. The molecule has 0 atom stereocenters. The van der Waals surface area contributed by atoms with Crippen LogP contribution in [0.2, 0.25) is 0 Å². The number of benzene rings is 2. The number of alkyl halides is 3. The molecule has 0 aliphatic carbocycles. The monoisotopic (exact) mass is 435 g/mol. The molecule has 9 heteroatoms. The lowest BCUT2D eigenvalue weighted by Gasteiger charge is -2.29. The Morgan fingerprint density at radius 1 is 0.933 bits per heavy atom. The fourth-order valence-corrected chi connectivity index (χ4v) is 4.02. The fraction of sp³-hybridized carbons (Fsp3) is 0.286. The van der Waals surface area contributed by atoms with E-state index in [4.69, 9.17) is 17.0 Å². The Bertz CT molecular complexity index is 1110. The molecule has 0 amide bonds. The van der Waals surface area contributed by atoms with Crippen LogP contribution in [0.15, 0.2) is 48.5 Å². The zero-order valence-corrected chi connectivity index (χ0v) is 17.0. The number of morpholine rings is 1. The molecule has 1 N–H and O–H groups in total. The molecule has 4 rings (SSSR count). The number of ether oxygens (including phenoxy) is 1. The maximum Gasteiger partial charge on any atom is 0.416 e. The third-order valence-electron chi connectivity index (χ3n) is 5.17. The second-order valence-electron chi connectivity index (χ2n) is 7.03. The van der Waals surface area contributed by atoms with Gasteiger partial charge in [0, 0.05) is 24.5 Å². The molecule has 2 heterocycles. The Hall–Kier alpha value is -2.78. The highest BCUT2D eigenvalue weighted by Crippen LogP contribution is 2.33. The highest BCUT2D eigenvalue weighted by molar-refractivity contribution is 7.71. The lowest BCUT2D eigenvalue weighted by Crippen LogP contribution is -2.36. The molecule has 3 aromatic rings. The first-order valence-electron chi connectivity index (χ1n) is 9.41. The van der Waals surface area contributed by atoms with Crippen molar-refractivity contribution < 1.29 is 23.0 Å². The van der Waals surface area contributed by atoms with E-state index >= 15 is 0 Å². The fourth-order valence-electron chi connectivity index (χ4n) is 3.59. The number of halogens is 3. The summed E-state index contributed by atoms with van der Waals surface area (Å²) in [7, 11) is 0. The third kappa shape index (κ3) is 3.70. The van der Waals surface area contributed by atoms with Gasteiger partial charge in [-0.15, -0.1) is 0 Å². The topological polar surface area (TPSA) is 42.6 Å². The number of aromatic hydroxyl groups is 1. The van der Waals surface area contributed by atoms with Gasteiger partial charge in [-0.3, -0.25) is 9.13 Å².